The van der Waals surface area contributed by atoms with Crippen LogP contribution in [-0.4, -0.2) is 23.2 Å². The van der Waals surface area contributed by atoms with Crippen molar-refractivity contribution in [3.05, 3.63) is 47.1 Å². The van der Waals surface area contributed by atoms with E-state index in [0.717, 1.165) is 0 Å². The van der Waals surface area contributed by atoms with Crippen molar-refractivity contribution in [2.45, 2.75) is 0 Å². The van der Waals surface area contributed by atoms with Crippen molar-refractivity contribution < 1.29 is 9.53 Å². The average Bonchev–Trinajstić information content (AvgIpc) is 2.39. The fraction of sp³-hybridized carbons (Fsp3) is 0.0833. The van der Waals surface area contributed by atoms with Crippen molar-refractivity contribution in [2.24, 2.45) is 0 Å². The van der Waals surface area contributed by atoms with Gasteiger partial charge in [-0.1, -0.05) is 17.7 Å². The van der Waals surface area contributed by atoms with Crippen LogP contribution in [-0.2, 0) is 0 Å². The molecular weight excluding hydrogens is 254 g/mol. The van der Waals surface area contributed by atoms with Crippen LogP contribution in [0.1, 0.15) is 10.5 Å². The second-order valence-corrected chi connectivity index (χ2v) is 3.86. The number of aromatic nitrogens is 2. The first kappa shape index (κ1) is 12.3. The Hall–Kier alpha value is -2.14. The highest BCUT2D eigenvalue weighted by Crippen LogP contribution is 2.15. The summed E-state index contributed by atoms with van der Waals surface area (Å²) in [6.07, 6.45) is 0. The fourth-order valence-electron chi connectivity index (χ4n) is 1.31. The zero-order valence-electron chi connectivity index (χ0n) is 9.55. The molecule has 92 valence electrons. The number of halogens is 1. The third-order valence-corrected chi connectivity index (χ3v) is 2.40. The fourth-order valence-corrected chi connectivity index (χ4v) is 1.50. The normalized spacial score (nSPS) is 9.89. The van der Waals surface area contributed by atoms with Crippen LogP contribution < -0.4 is 10.1 Å². The van der Waals surface area contributed by atoms with E-state index in [-0.39, 0.29) is 11.6 Å². The Morgan fingerprint density at radius 1 is 1.28 bits per heavy atom. The zero-order chi connectivity index (χ0) is 13.0. The summed E-state index contributed by atoms with van der Waals surface area (Å²) in [5, 5.41) is 10.7. The minimum atomic E-state index is -0.354. The van der Waals surface area contributed by atoms with E-state index in [1.54, 1.807) is 30.3 Å². The molecule has 0 spiro atoms. The summed E-state index contributed by atoms with van der Waals surface area (Å²) in [5.41, 5.74) is 0.806. The molecule has 0 aliphatic rings. The van der Waals surface area contributed by atoms with E-state index in [0.29, 0.717) is 16.6 Å². The maximum Gasteiger partial charge on any atom is 0.276 e. The second-order valence-electron chi connectivity index (χ2n) is 3.43. The summed E-state index contributed by atoms with van der Waals surface area (Å²) in [4.78, 5) is 11.8. The van der Waals surface area contributed by atoms with Crippen molar-refractivity contribution in [1.82, 2.24) is 10.2 Å². The van der Waals surface area contributed by atoms with Crippen molar-refractivity contribution in [2.75, 3.05) is 12.4 Å². The lowest BCUT2D eigenvalue weighted by atomic mass is 10.3. The number of rotatable bonds is 3. The average molecular weight is 264 g/mol. The molecule has 0 fully saturated rings. The molecule has 0 aliphatic heterocycles. The molecule has 1 aromatic carbocycles. The first-order valence-corrected chi connectivity index (χ1v) is 5.51. The molecule has 18 heavy (non-hydrogen) atoms. The zero-order valence-corrected chi connectivity index (χ0v) is 10.3. The van der Waals surface area contributed by atoms with Crippen LogP contribution in [0.2, 0.25) is 5.02 Å². The molecule has 0 unspecified atom stereocenters. The summed E-state index contributed by atoms with van der Waals surface area (Å²) in [6.45, 7) is 0. The van der Waals surface area contributed by atoms with E-state index in [2.05, 4.69) is 15.5 Å². The lowest BCUT2D eigenvalue weighted by Gasteiger charge is -2.04. The van der Waals surface area contributed by atoms with Gasteiger partial charge in [0.1, 0.15) is 0 Å². The minimum absolute atomic E-state index is 0.204. The number of methoxy groups -OCH3 is 1. The van der Waals surface area contributed by atoms with Crippen LogP contribution in [0.5, 0.6) is 5.88 Å². The summed E-state index contributed by atoms with van der Waals surface area (Å²) < 4.78 is 4.86. The molecule has 6 heteroatoms. The first-order valence-electron chi connectivity index (χ1n) is 5.13. The van der Waals surface area contributed by atoms with Gasteiger partial charge in [-0.05, 0) is 24.3 Å². The van der Waals surface area contributed by atoms with Crippen LogP contribution in [0.15, 0.2) is 36.4 Å². The molecule has 0 atom stereocenters. The van der Waals surface area contributed by atoms with E-state index < -0.39 is 0 Å². The molecule has 1 heterocycles. The highest BCUT2D eigenvalue weighted by molar-refractivity contribution is 6.30. The lowest BCUT2D eigenvalue weighted by Crippen LogP contribution is -2.14. The van der Waals surface area contributed by atoms with E-state index in [1.165, 1.54) is 13.2 Å². The molecule has 0 bridgehead atoms. The topological polar surface area (TPSA) is 64.1 Å². The molecule has 1 aromatic heterocycles. The predicted octanol–water partition coefficient (Wildman–Crippen LogP) is 2.39. The van der Waals surface area contributed by atoms with Gasteiger partial charge in [0.15, 0.2) is 5.69 Å². The van der Waals surface area contributed by atoms with E-state index >= 15 is 0 Å². The van der Waals surface area contributed by atoms with Gasteiger partial charge in [0.25, 0.3) is 5.91 Å². The summed E-state index contributed by atoms with van der Waals surface area (Å²) in [6, 6.07) is 9.96. The molecule has 2 aromatic rings. The Balaban J connectivity index is 2.11. The maximum atomic E-state index is 11.8. The largest absolute Gasteiger partial charge is 0.480 e. The van der Waals surface area contributed by atoms with Crippen LogP contribution in [0.3, 0.4) is 0 Å². The van der Waals surface area contributed by atoms with Gasteiger partial charge in [0.2, 0.25) is 5.88 Å². The van der Waals surface area contributed by atoms with E-state index in [1.807, 2.05) is 0 Å². The van der Waals surface area contributed by atoms with Gasteiger partial charge in [-0.2, -0.15) is 0 Å². The molecule has 0 saturated carbocycles. The number of amides is 1. The summed E-state index contributed by atoms with van der Waals surface area (Å²) in [7, 11) is 1.48. The van der Waals surface area contributed by atoms with Gasteiger partial charge in [-0.3, -0.25) is 4.79 Å². The maximum absolute atomic E-state index is 11.8. The van der Waals surface area contributed by atoms with Crippen LogP contribution in [0, 0.1) is 0 Å². The molecule has 0 aliphatic carbocycles. The van der Waals surface area contributed by atoms with Gasteiger partial charge in [0, 0.05) is 16.8 Å². The van der Waals surface area contributed by atoms with Crippen molar-refractivity contribution in [3.63, 3.8) is 0 Å². The highest BCUT2D eigenvalue weighted by atomic mass is 35.5. The number of nitrogens with zero attached hydrogens (tertiary/aromatic N) is 2. The molecule has 2 rings (SSSR count). The molecule has 1 N–H and O–H groups in total. The minimum Gasteiger partial charge on any atom is -0.480 e. The van der Waals surface area contributed by atoms with Gasteiger partial charge < -0.3 is 10.1 Å². The molecule has 0 radical (unpaired) electrons. The lowest BCUT2D eigenvalue weighted by molar-refractivity contribution is 0.102. The third kappa shape index (κ3) is 2.95. The quantitative estimate of drug-likeness (QED) is 0.923. The van der Waals surface area contributed by atoms with E-state index in [9.17, 15) is 4.79 Å². The number of benzene rings is 1. The van der Waals surface area contributed by atoms with Crippen LogP contribution in [0.4, 0.5) is 5.69 Å². The Morgan fingerprint density at radius 3 is 2.72 bits per heavy atom. The molecular formula is C12H10ClN3O2. The van der Waals surface area contributed by atoms with Gasteiger partial charge >= 0.3 is 0 Å². The van der Waals surface area contributed by atoms with E-state index in [4.69, 9.17) is 16.3 Å². The SMILES string of the molecule is COc1ccc(C(=O)Nc2cccc(Cl)c2)nn1. The molecule has 1 amide bonds. The Kier molecular flexibility index (Phi) is 3.74. The molecule has 0 saturated heterocycles. The number of carbonyl (C=O) groups excluding carboxylic acids is 1. The Labute approximate surface area is 109 Å². The van der Waals surface area contributed by atoms with Crippen LogP contribution in [0.25, 0.3) is 0 Å². The Morgan fingerprint density at radius 2 is 2.11 bits per heavy atom. The number of carbonyl (C=O) groups is 1. The number of hydrogen-bond acceptors (Lipinski definition) is 4. The van der Waals surface area contributed by atoms with Crippen LogP contribution >= 0.6 is 11.6 Å². The van der Waals surface area contributed by atoms with Crippen molar-refractivity contribution in [3.8, 4) is 5.88 Å². The summed E-state index contributed by atoms with van der Waals surface area (Å²) >= 11 is 5.82. The van der Waals surface area contributed by atoms with Crippen molar-refractivity contribution in [1.29, 1.82) is 0 Å². The standard InChI is InChI=1S/C12H10ClN3O2/c1-18-11-6-5-10(15-16-11)12(17)14-9-4-2-3-8(13)7-9/h2-7H,1H3,(H,14,17). The second kappa shape index (κ2) is 5.46. The van der Waals surface area contributed by atoms with Gasteiger partial charge in [-0.15, -0.1) is 10.2 Å². The number of ether oxygens (including phenoxy) is 1. The predicted molar refractivity (Wildman–Crippen MR) is 68.0 cm³/mol. The van der Waals surface area contributed by atoms with Gasteiger partial charge in [-0.25, -0.2) is 0 Å². The monoisotopic (exact) mass is 263 g/mol. The molecule has 5 nitrogen and oxygen atoms in total. The van der Waals surface area contributed by atoms with Gasteiger partial charge in [0.05, 0.1) is 7.11 Å². The number of hydrogen-bond donors (Lipinski definition) is 1. The first-order chi connectivity index (χ1) is 8.69. The number of anilines is 1. The summed E-state index contributed by atoms with van der Waals surface area (Å²) in [5.74, 6) is 0.00160. The number of nitrogens with one attached hydrogen (secondary N) is 1. The highest BCUT2D eigenvalue weighted by Gasteiger charge is 2.08. The van der Waals surface area contributed by atoms with Crippen molar-refractivity contribution >= 4 is 23.2 Å². The smallest absolute Gasteiger partial charge is 0.276 e. The Bertz CT molecular complexity index is 558. The third-order valence-electron chi connectivity index (χ3n) is 2.16.